The fourth-order valence-corrected chi connectivity index (χ4v) is 2.82. The van der Waals surface area contributed by atoms with Gasteiger partial charge in [-0.2, -0.15) is 0 Å². The van der Waals surface area contributed by atoms with Crippen molar-refractivity contribution in [2.45, 2.75) is 37.8 Å². The molecule has 0 amide bonds. The molecular formula is C14H19FN2O3. The molecule has 2 unspecified atom stereocenters. The molecule has 1 aliphatic carbocycles. The van der Waals surface area contributed by atoms with Gasteiger partial charge in [0.2, 0.25) is 0 Å². The Morgan fingerprint density at radius 1 is 1.40 bits per heavy atom. The van der Waals surface area contributed by atoms with Gasteiger partial charge in [0.1, 0.15) is 11.4 Å². The maximum Gasteiger partial charge on any atom is 0.340 e. The molecule has 4 N–H and O–H groups in total. The second kappa shape index (κ2) is 5.66. The normalized spacial score (nSPS) is 22.6. The number of benzene rings is 1. The summed E-state index contributed by atoms with van der Waals surface area (Å²) in [4.78, 5) is 13.0. The number of hydrogen-bond donors (Lipinski definition) is 3. The first-order valence-corrected chi connectivity index (χ1v) is 6.65. The van der Waals surface area contributed by atoms with Gasteiger partial charge < -0.3 is 20.8 Å². The molecule has 1 aromatic carbocycles. The molecule has 2 rings (SSSR count). The summed E-state index contributed by atoms with van der Waals surface area (Å²) in [6.45, 7) is 0. The molecule has 0 saturated heterocycles. The molecular weight excluding hydrogens is 263 g/mol. The lowest BCUT2D eigenvalue weighted by molar-refractivity contribution is 0.0696. The fourth-order valence-electron chi connectivity index (χ4n) is 2.82. The van der Waals surface area contributed by atoms with E-state index < -0.39 is 17.9 Å². The van der Waals surface area contributed by atoms with Crippen LogP contribution in [-0.4, -0.2) is 35.4 Å². The number of carboxylic acid groups (broad SMARTS) is 1. The number of nitrogen functional groups attached to an aromatic ring is 1. The first-order valence-electron chi connectivity index (χ1n) is 6.65. The van der Waals surface area contributed by atoms with Gasteiger partial charge in [0.25, 0.3) is 0 Å². The largest absolute Gasteiger partial charge is 0.478 e. The Labute approximate surface area is 116 Å². The summed E-state index contributed by atoms with van der Waals surface area (Å²) >= 11 is 0. The summed E-state index contributed by atoms with van der Waals surface area (Å²) < 4.78 is 13.4. The van der Waals surface area contributed by atoms with E-state index >= 15 is 0 Å². The smallest absolute Gasteiger partial charge is 0.340 e. The van der Waals surface area contributed by atoms with Gasteiger partial charge in [-0.1, -0.05) is 12.8 Å². The Kier molecular flexibility index (Phi) is 4.13. The van der Waals surface area contributed by atoms with E-state index in [1.165, 1.54) is 6.07 Å². The van der Waals surface area contributed by atoms with Gasteiger partial charge in [0.15, 0.2) is 0 Å². The van der Waals surface area contributed by atoms with Crippen molar-refractivity contribution in [3.63, 3.8) is 0 Å². The van der Waals surface area contributed by atoms with Crippen molar-refractivity contribution in [3.8, 4) is 0 Å². The first-order chi connectivity index (χ1) is 9.43. The lowest BCUT2D eigenvalue weighted by Crippen LogP contribution is -2.44. The van der Waals surface area contributed by atoms with Crippen LogP contribution in [0.4, 0.5) is 15.8 Å². The van der Waals surface area contributed by atoms with Crippen LogP contribution in [0, 0.1) is 5.82 Å². The maximum atomic E-state index is 13.4. The molecule has 0 aliphatic heterocycles. The summed E-state index contributed by atoms with van der Waals surface area (Å²) in [6, 6.07) is 2.38. The van der Waals surface area contributed by atoms with E-state index in [2.05, 4.69) is 0 Å². The van der Waals surface area contributed by atoms with Crippen molar-refractivity contribution in [2.24, 2.45) is 0 Å². The van der Waals surface area contributed by atoms with Gasteiger partial charge in [-0.05, 0) is 25.0 Å². The predicted molar refractivity (Wildman–Crippen MR) is 74.4 cm³/mol. The molecule has 1 fully saturated rings. The third kappa shape index (κ3) is 2.56. The number of likely N-dealkylation sites (N-methyl/N-ethyl adjacent to an activating group) is 1. The number of carboxylic acids is 1. The van der Waals surface area contributed by atoms with E-state index in [0.717, 1.165) is 25.3 Å². The van der Waals surface area contributed by atoms with Crippen LogP contribution >= 0.6 is 0 Å². The molecule has 0 spiro atoms. The molecule has 0 aromatic heterocycles. The summed E-state index contributed by atoms with van der Waals surface area (Å²) in [7, 11) is 1.71. The number of nitrogens with zero attached hydrogens (tertiary/aromatic N) is 1. The van der Waals surface area contributed by atoms with Gasteiger partial charge in [-0.25, -0.2) is 9.18 Å². The number of carbonyl (C=O) groups is 1. The molecule has 20 heavy (non-hydrogen) atoms. The number of rotatable bonds is 3. The molecule has 0 bridgehead atoms. The van der Waals surface area contributed by atoms with Crippen molar-refractivity contribution in [2.75, 3.05) is 17.7 Å². The minimum absolute atomic E-state index is 0.174. The molecule has 6 heteroatoms. The molecule has 1 aromatic rings. The van der Waals surface area contributed by atoms with Crippen molar-refractivity contribution < 1.29 is 19.4 Å². The van der Waals surface area contributed by atoms with Crippen LogP contribution in [0.3, 0.4) is 0 Å². The van der Waals surface area contributed by atoms with Crippen LogP contribution in [0.5, 0.6) is 0 Å². The standard InChI is InChI=1S/C14H19FN2O3/c1-17(9-4-2-3-5-11(9)18)10-7-6-8(15)13(16)12(10)14(19)20/h6-7,9,11,18H,2-5,16H2,1H3,(H,19,20). The predicted octanol–water partition coefficient (Wildman–Crippen LogP) is 1.85. The van der Waals surface area contributed by atoms with Crippen molar-refractivity contribution in [3.05, 3.63) is 23.5 Å². The summed E-state index contributed by atoms with van der Waals surface area (Å²) in [5.41, 5.74) is 5.26. The lowest BCUT2D eigenvalue weighted by atomic mass is 9.91. The summed E-state index contributed by atoms with van der Waals surface area (Å²) in [5, 5.41) is 19.3. The highest BCUT2D eigenvalue weighted by molar-refractivity contribution is 6.00. The average Bonchev–Trinajstić information content (AvgIpc) is 2.41. The van der Waals surface area contributed by atoms with Gasteiger partial charge in [0.05, 0.1) is 23.5 Å². The Morgan fingerprint density at radius 2 is 2.05 bits per heavy atom. The quantitative estimate of drug-likeness (QED) is 0.736. The zero-order valence-electron chi connectivity index (χ0n) is 11.3. The number of nitrogens with two attached hydrogens (primary N) is 1. The first kappa shape index (κ1) is 14.6. The topological polar surface area (TPSA) is 86.8 Å². The second-order valence-corrected chi connectivity index (χ2v) is 5.19. The number of hydrogen-bond acceptors (Lipinski definition) is 4. The van der Waals surface area contributed by atoms with Crippen LogP contribution in [-0.2, 0) is 0 Å². The zero-order valence-corrected chi connectivity index (χ0v) is 11.3. The highest BCUT2D eigenvalue weighted by atomic mass is 19.1. The monoisotopic (exact) mass is 282 g/mol. The van der Waals surface area contributed by atoms with Gasteiger partial charge in [-0.15, -0.1) is 0 Å². The number of aliphatic hydroxyl groups is 1. The molecule has 5 nitrogen and oxygen atoms in total. The highest BCUT2D eigenvalue weighted by Gasteiger charge is 2.30. The highest BCUT2D eigenvalue weighted by Crippen LogP contribution is 2.32. The van der Waals surface area contributed by atoms with Crippen molar-refractivity contribution >= 4 is 17.3 Å². The van der Waals surface area contributed by atoms with Gasteiger partial charge in [-0.3, -0.25) is 0 Å². The number of aromatic carboxylic acids is 1. The molecule has 1 aliphatic rings. The Balaban J connectivity index is 2.41. The van der Waals surface area contributed by atoms with E-state index in [1.54, 1.807) is 11.9 Å². The third-order valence-corrected chi connectivity index (χ3v) is 3.96. The Morgan fingerprint density at radius 3 is 2.65 bits per heavy atom. The number of aliphatic hydroxyl groups excluding tert-OH is 1. The summed E-state index contributed by atoms with van der Waals surface area (Å²) in [5.74, 6) is -2.02. The minimum Gasteiger partial charge on any atom is -0.478 e. The van der Waals surface area contributed by atoms with Crippen LogP contribution in [0.25, 0.3) is 0 Å². The van der Waals surface area contributed by atoms with Crippen molar-refractivity contribution in [1.82, 2.24) is 0 Å². The Bertz CT molecular complexity index is 521. The van der Waals surface area contributed by atoms with E-state index in [0.29, 0.717) is 12.1 Å². The lowest BCUT2D eigenvalue weighted by Gasteiger charge is -2.37. The Hall–Kier alpha value is -1.82. The maximum absolute atomic E-state index is 13.4. The number of anilines is 2. The van der Waals surface area contributed by atoms with E-state index in [1.807, 2.05) is 0 Å². The van der Waals surface area contributed by atoms with Crippen LogP contribution in [0.15, 0.2) is 12.1 Å². The summed E-state index contributed by atoms with van der Waals surface area (Å²) in [6.07, 6.45) is 2.89. The zero-order chi connectivity index (χ0) is 14.9. The van der Waals surface area contributed by atoms with E-state index in [-0.39, 0.29) is 17.3 Å². The second-order valence-electron chi connectivity index (χ2n) is 5.19. The molecule has 110 valence electrons. The van der Waals surface area contributed by atoms with Crippen LogP contribution < -0.4 is 10.6 Å². The van der Waals surface area contributed by atoms with Crippen LogP contribution in [0.2, 0.25) is 0 Å². The SMILES string of the molecule is CN(c1ccc(F)c(N)c1C(=O)O)C1CCCCC1O. The minimum atomic E-state index is -1.27. The van der Waals surface area contributed by atoms with Gasteiger partial charge >= 0.3 is 5.97 Å². The van der Waals surface area contributed by atoms with Gasteiger partial charge in [0, 0.05) is 7.05 Å². The molecule has 1 saturated carbocycles. The van der Waals surface area contributed by atoms with Crippen molar-refractivity contribution in [1.29, 1.82) is 0 Å². The molecule has 2 atom stereocenters. The average molecular weight is 282 g/mol. The number of halogens is 1. The van der Waals surface area contributed by atoms with Crippen LogP contribution in [0.1, 0.15) is 36.0 Å². The van der Waals surface area contributed by atoms with E-state index in [9.17, 15) is 19.4 Å². The molecule has 0 heterocycles. The third-order valence-electron chi connectivity index (χ3n) is 3.96. The van der Waals surface area contributed by atoms with E-state index in [4.69, 9.17) is 5.73 Å². The molecule has 0 radical (unpaired) electrons. The fraction of sp³-hybridized carbons (Fsp3) is 0.500.